The van der Waals surface area contributed by atoms with Crippen LogP contribution in [0.15, 0.2) is 18.5 Å². The molecular formula is C16H21N5O2. The molecule has 1 atom stereocenters. The number of nitrogens with two attached hydrogens (primary N) is 1. The van der Waals surface area contributed by atoms with Crippen molar-refractivity contribution in [3.8, 4) is 0 Å². The summed E-state index contributed by atoms with van der Waals surface area (Å²) >= 11 is 0. The number of nitrogens with zero attached hydrogens (tertiary/aromatic N) is 4. The zero-order valence-corrected chi connectivity index (χ0v) is 13.6. The molecule has 1 aliphatic rings. The summed E-state index contributed by atoms with van der Waals surface area (Å²) < 4.78 is 5.42. The second kappa shape index (κ2) is 5.64. The Morgan fingerprint density at radius 2 is 2.13 bits per heavy atom. The third-order valence-corrected chi connectivity index (χ3v) is 3.81. The van der Waals surface area contributed by atoms with Gasteiger partial charge >= 0.3 is 6.09 Å². The molecule has 2 N–H and O–H groups in total. The van der Waals surface area contributed by atoms with E-state index in [-0.39, 0.29) is 12.0 Å². The first-order chi connectivity index (χ1) is 10.8. The van der Waals surface area contributed by atoms with Crippen LogP contribution in [-0.4, -0.2) is 44.6 Å². The van der Waals surface area contributed by atoms with E-state index in [9.17, 15) is 4.79 Å². The normalized spacial score (nSPS) is 18.4. The van der Waals surface area contributed by atoms with Gasteiger partial charge in [0.1, 0.15) is 17.7 Å². The van der Waals surface area contributed by atoms with E-state index in [1.165, 1.54) is 6.33 Å². The van der Waals surface area contributed by atoms with Crippen LogP contribution in [0.5, 0.6) is 0 Å². The fourth-order valence-electron chi connectivity index (χ4n) is 2.70. The molecule has 1 aliphatic heterocycles. The number of fused-ring (bicyclic) bond motifs is 1. The lowest BCUT2D eigenvalue weighted by Gasteiger charge is -2.24. The van der Waals surface area contributed by atoms with Gasteiger partial charge in [-0.15, -0.1) is 0 Å². The quantitative estimate of drug-likeness (QED) is 0.868. The van der Waals surface area contributed by atoms with Crippen molar-refractivity contribution < 1.29 is 9.53 Å². The molecule has 122 valence electrons. The predicted molar refractivity (Wildman–Crippen MR) is 86.9 cm³/mol. The van der Waals surface area contributed by atoms with Gasteiger partial charge < -0.3 is 15.4 Å². The van der Waals surface area contributed by atoms with Gasteiger partial charge in [-0.25, -0.2) is 19.7 Å². The molecule has 0 unspecified atom stereocenters. The minimum atomic E-state index is -0.481. The summed E-state index contributed by atoms with van der Waals surface area (Å²) in [6.45, 7) is 6.88. The van der Waals surface area contributed by atoms with E-state index in [1.807, 2.05) is 32.9 Å². The highest BCUT2D eigenvalue weighted by Gasteiger charge is 2.31. The largest absolute Gasteiger partial charge is 0.444 e. The molecule has 0 saturated carbocycles. The van der Waals surface area contributed by atoms with Gasteiger partial charge in [-0.1, -0.05) is 0 Å². The lowest BCUT2D eigenvalue weighted by molar-refractivity contribution is 0.0292. The van der Waals surface area contributed by atoms with Crippen molar-refractivity contribution in [2.45, 2.75) is 38.7 Å². The van der Waals surface area contributed by atoms with Crippen molar-refractivity contribution in [3.05, 3.63) is 24.2 Å². The second-order valence-electron chi connectivity index (χ2n) is 6.78. The zero-order valence-electron chi connectivity index (χ0n) is 13.6. The van der Waals surface area contributed by atoms with Crippen molar-refractivity contribution in [2.75, 3.05) is 18.8 Å². The van der Waals surface area contributed by atoms with Crippen LogP contribution in [0.3, 0.4) is 0 Å². The number of ether oxygens (including phenoxy) is 1. The number of carbonyl (C=O) groups excluding carboxylic acids is 1. The number of rotatable bonds is 1. The highest BCUT2D eigenvalue weighted by atomic mass is 16.6. The summed E-state index contributed by atoms with van der Waals surface area (Å²) in [7, 11) is 0. The molecule has 7 heteroatoms. The number of aromatic nitrogens is 3. The number of amides is 1. The Morgan fingerprint density at radius 3 is 2.87 bits per heavy atom. The van der Waals surface area contributed by atoms with Crippen LogP contribution < -0.4 is 5.73 Å². The highest BCUT2D eigenvalue weighted by Crippen LogP contribution is 2.28. The van der Waals surface area contributed by atoms with Gasteiger partial charge in [-0.2, -0.15) is 0 Å². The highest BCUT2D eigenvalue weighted by molar-refractivity contribution is 5.84. The van der Waals surface area contributed by atoms with E-state index in [1.54, 1.807) is 4.90 Å². The number of anilines is 1. The Morgan fingerprint density at radius 1 is 1.35 bits per heavy atom. The van der Waals surface area contributed by atoms with Crippen LogP contribution in [0.4, 0.5) is 10.6 Å². The summed E-state index contributed by atoms with van der Waals surface area (Å²) in [5.74, 6) is 0.610. The smallest absolute Gasteiger partial charge is 0.410 e. The van der Waals surface area contributed by atoms with Crippen molar-refractivity contribution in [3.63, 3.8) is 0 Å². The van der Waals surface area contributed by atoms with Crippen LogP contribution in [0, 0.1) is 0 Å². The fourth-order valence-corrected chi connectivity index (χ4v) is 2.70. The molecule has 0 bridgehead atoms. The van der Waals surface area contributed by atoms with Gasteiger partial charge in [0.25, 0.3) is 0 Å². The molecule has 2 aromatic rings. The first kappa shape index (κ1) is 15.5. The van der Waals surface area contributed by atoms with Crippen LogP contribution in [0.25, 0.3) is 11.0 Å². The third kappa shape index (κ3) is 3.33. The van der Waals surface area contributed by atoms with Gasteiger partial charge in [-0.3, -0.25) is 0 Å². The van der Waals surface area contributed by atoms with E-state index in [0.717, 1.165) is 17.5 Å². The molecule has 2 aromatic heterocycles. The molecule has 0 aliphatic carbocycles. The Hall–Kier alpha value is -2.44. The number of nitrogen functional groups attached to an aromatic ring is 1. The predicted octanol–water partition coefficient (Wildman–Crippen LogP) is 2.33. The molecule has 0 radical (unpaired) electrons. The van der Waals surface area contributed by atoms with E-state index >= 15 is 0 Å². The molecule has 7 nitrogen and oxygen atoms in total. The zero-order chi connectivity index (χ0) is 16.6. The molecular weight excluding hydrogens is 294 g/mol. The third-order valence-electron chi connectivity index (χ3n) is 3.81. The first-order valence-electron chi connectivity index (χ1n) is 7.68. The van der Waals surface area contributed by atoms with Gasteiger partial charge in [0, 0.05) is 24.7 Å². The Bertz CT molecular complexity index is 741. The summed E-state index contributed by atoms with van der Waals surface area (Å²) in [5, 5.41) is 0.748. The molecule has 1 amide bonds. The maximum atomic E-state index is 12.1. The van der Waals surface area contributed by atoms with Crippen LogP contribution >= 0.6 is 0 Å². The Kier molecular flexibility index (Phi) is 3.79. The standard InChI is InChI=1S/C16H21N5O2/c1-16(2,3)23-15(22)21-7-6-10(8-21)12-5-4-11-13(17)18-9-19-14(11)20-12/h4-5,9-10H,6-8H2,1-3H3,(H2,17,18,19,20)/t10-/m0/s1. The summed E-state index contributed by atoms with van der Waals surface area (Å²) in [6, 6.07) is 3.83. The fraction of sp³-hybridized carbons (Fsp3) is 0.500. The number of likely N-dealkylation sites (tertiary alicyclic amines) is 1. The minimum absolute atomic E-state index is 0.183. The molecule has 1 saturated heterocycles. The number of carbonyl (C=O) groups is 1. The molecule has 3 heterocycles. The van der Waals surface area contributed by atoms with Crippen molar-refractivity contribution in [1.82, 2.24) is 19.9 Å². The Labute approximate surface area is 134 Å². The summed E-state index contributed by atoms with van der Waals surface area (Å²) in [5.41, 5.74) is 6.85. The summed E-state index contributed by atoms with van der Waals surface area (Å²) in [6.07, 6.45) is 2.00. The van der Waals surface area contributed by atoms with Crippen LogP contribution in [0.2, 0.25) is 0 Å². The topological polar surface area (TPSA) is 94.2 Å². The lowest BCUT2D eigenvalue weighted by Crippen LogP contribution is -2.35. The van der Waals surface area contributed by atoms with Gasteiger partial charge in [-0.05, 0) is 39.3 Å². The van der Waals surface area contributed by atoms with Crippen LogP contribution in [-0.2, 0) is 4.74 Å². The minimum Gasteiger partial charge on any atom is -0.444 e. The number of pyridine rings is 1. The second-order valence-corrected chi connectivity index (χ2v) is 6.78. The molecule has 23 heavy (non-hydrogen) atoms. The van der Waals surface area contributed by atoms with Crippen molar-refractivity contribution in [1.29, 1.82) is 0 Å². The van der Waals surface area contributed by atoms with Gasteiger partial charge in [0.2, 0.25) is 0 Å². The molecule has 1 fully saturated rings. The number of hydrogen-bond donors (Lipinski definition) is 1. The van der Waals surface area contributed by atoms with E-state index in [2.05, 4.69) is 15.0 Å². The van der Waals surface area contributed by atoms with E-state index < -0.39 is 5.60 Å². The maximum Gasteiger partial charge on any atom is 0.410 e. The van der Waals surface area contributed by atoms with E-state index in [0.29, 0.717) is 24.6 Å². The van der Waals surface area contributed by atoms with Gasteiger partial charge in [0.15, 0.2) is 5.65 Å². The summed E-state index contributed by atoms with van der Waals surface area (Å²) in [4.78, 5) is 26.6. The molecule has 0 spiro atoms. The van der Waals surface area contributed by atoms with Crippen LogP contribution in [0.1, 0.15) is 38.8 Å². The molecule has 3 rings (SSSR count). The first-order valence-corrected chi connectivity index (χ1v) is 7.68. The average Bonchev–Trinajstić information content (AvgIpc) is 2.95. The van der Waals surface area contributed by atoms with Crippen molar-refractivity contribution in [2.24, 2.45) is 0 Å². The Balaban J connectivity index is 1.75. The monoisotopic (exact) mass is 315 g/mol. The van der Waals surface area contributed by atoms with Gasteiger partial charge in [0.05, 0.1) is 5.39 Å². The van der Waals surface area contributed by atoms with Crippen molar-refractivity contribution >= 4 is 22.9 Å². The average molecular weight is 315 g/mol. The van der Waals surface area contributed by atoms with E-state index in [4.69, 9.17) is 10.5 Å². The number of hydrogen-bond acceptors (Lipinski definition) is 6. The maximum absolute atomic E-state index is 12.1. The SMILES string of the molecule is CC(C)(C)OC(=O)N1CC[C@H](c2ccc3c(N)ncnc3n2)C1. The lowest BCUT2D eigenvalue weighted by atomic mass is 10.0. The molecule has 0 aromatic carbocycles.